The molecule has 0 heterocycles. The summed E-state index contributed by atoms with van der Waals surface area (Å²) in [5, 5.41) is 0. The van der Waals surface area contributed by atoms with Crippen molar-refractivity contribution in [1.29, 1.82) is 0 Å². The second kappa shape index (κ2) is 3.91. The Morgan fingerprint density at radius 1 is 1.82 bits per heavy atom. The van der Waals surface area contributed by atoms with Gasteiger partial charge in [0.1, 0.15) is 6.17 Å². The molecule has 0 bridgehead atoms. The molecule has 0 aromatic rings. The summed E-state index contributed by atoms with van der Waals surface area (Å²) in [6.45, 7) is 3.67. The molecule has 61 valence electrons. The lowest BCUT2D eigenvalue weighted by Crippen LogP contribution is -2.12. The predicted octanol–water partition coefficient (Wildman–Crippen LogP) is 3.04. The standard InChI is InChI=1S/C9H11ClF/c1-7-8(5-6-10)3-2-4-9(7)11/h2,5,9H,1,3-4,6H2. The smallest absolute Gasteiger partial charge is 0.125 e. The SMILES string of the molecule is C=C1C(=CCCl)C[CH]CC1F. The Morgan fingerprint density at radius 3 is 3.18 bits per heavy atom. The molecule has 0 aromatic heterocycles. The molecule has 1 unspecified atom stereocenters. The molecule has 1 rings (SSSR count). The first kappa shape index (κ1) is 8.79. The Morgan fingerprint density at radius 2 is 2.55 bits per heavy atom. The predicted molar refractivity (Wildman–Crippen MR) is 46.4 cm³/mol. The number of halogens is 2. The summed E-state index contributed by atoms with van der Waals surface area (Å²) < 4.78 is 12.9. The first-order valence-corrected chi connectivity index (χ1v) is 4.19. The van der Waals surface area contributed by atoms with Gasteiger partial charge in [0.15, 0.2) is 0 Å². The van der Waals surface area contributed by atoms with Crippen LogP contribution in [0, 0.1) is 6.42 Å². The lowest BCUT2D eigenvalue weighted by Gasteiger charge is -2.20. The van der Waals surface area contributed by atoms with Gasteiger partial charge in [0.25, 0.3) is 0 Å². The zero-order valence-electron chi connectivity index (χ0n) is 6.32. The van der Waals surface area contributed by atoms with Crippen LogP contribution in [0.5, 0.6) is 0 Å². The number of hydrogen-bond donors (Lipinski definition) is 0. The quantitative estimate of drug-likeness (QED) is 0.535. The van der Waals surface area contributed by atoms with E-state index >= 15 is 0 Å². The van der Waals surface area contributed by atoms with Crippen LogP contribution in [0.3, 0.4) is 0 Å². The third kappa shape index (κ3) is 2.06. The molecule has 0 N–H and O–H groups in total. The van der Waals surface area contributed by atoms with Crippen LogP contribution in [0.2, 0.25) is 0 Å². The topological polar surface area (TPSA) is 0 Å². The Balaban J connectivity index is 2.66. The van der Waals surface area contributed by atoms with Crippen molar-refractivity contribution in [2.45, 2.75) is 19.0 Å². The maximum Gasteiger partial charge on any atom is 0.125 e. The number of rotatable bonds is 1. The van der Waals surface area contributed by atoms with Crippen LogP contribution in [0.4, 0.5) is 4.39 Å². The van der Waals surface area contributed by atoms with Crippen molar-refractivity contribution in [3.8, 4) is 0 Å². The van der Waals surface area contributed by atoms with E-state index in [1.165, 1.54) is 0 Å². The summed E-state index contributed by atoms with van der Waals surface area (Å²) in [7, 11) is 0. The van der Waals surface area contributed by atoms with E-state index in [1.54, 1.807) is 0 Å². The fourth-order valence-corrected chi connectivity index (χ4v) is 1.35. The van der Waals surface area contributed by atoms with Gasteiger partial charge in [0, 0.05) is 5.88 Å². The fourth-order valence-electron chi connectivity index (χ4n) is 1.17. The molecule has 1 saturated carbocycles. The third-order valence-electron chi connectivity index (χ3n) is 1.85. The molecule has 0 spiro atoms. The van der Waals surface area contributed by atoms with Gasteiger partial charge >= 0.3 is 0 Å². The lowest BCUT2D eigenvalue weighted by atomic mass is 9.89. The van der Waals surface area contributed by atoms with E-state index in [0.29, 0.717) is 17.9 Å². The maximum atomic E-state index is 12.9. The highest BCUT2D eigenvalue weighted by Crippen LogP contribution is 2.29. The first-order chi connectivity index (χ1) is 5.25. The average Bonchev–Trinajstić information content (AvgIpc) is 1.99. The van der Waals surface area contributed by atoms with Crippen LogP contribution in [-0.2, 0) is 0 Å². The van der Waals surface area contributed by atoms with Gasteiger partial charge in [0.2, 0.25) is 0 Å². The molecule has 1 aliphatic carbocycles. The van der Waals surface area contributed by atoms with E-state index in [1.807, 2.05) is 12.5 Å². The largest absolute Gasteiger partial charge is 0.242 e. The number of allylic oxidation sites excluding steroid dienone is 3. The van der Waals surface area contributed by atoms with Gasteiger partial charge in [-0.2, -0.15) is 0 Å². The number of hydrogen-bond acceptors (Lipinski definition) is 0. The summed E-state index contributed by atoms with van der Waals surface area (Å²) in [5.41, 5.74) is 1.56. The van der Waals surface area contributed by atoms with Crippen LogP contribution in [0.15, 0.2) is 23.8 Å². The van der Waals surface area contributed by atoms with E-state index in [0.717, 1.165) is 12.0 Å². The van der Waals surface area contributed by atoms with Gasteiger partial charge in [-0.05, 0) is 30.4 Å². The molecule has 0 nitrogen and oxygen atoms in total. The number of alkyl halides is 2. The zero-order chi connectivity index (χ0) is 8.27. The van der Waals surface area contributed by atoms with Gasteiger partial charge in [-0.25, -0.2) is 4.39 Å². The van der Waals surface area contributed by atoms with E-state index in [-0.39, 0.29) is 0 Å². The second-order valence-electron chi connectivity index (χ2n) is 2.60. The molecule has 0 aliphatic heterocycles. The first-order valence-electron chi connectivity index (χ1n) is 3.65. The van der Waals surface area contributed by atoms with Crippen molar-refractivity contribution in [2.24, 2.45) is 0 Å². The molecular formula is C9H11ClF. The Kier molecular flexibility index (Phi) is 3.13. The summed E-state index contributed by atoms with van der Waals surface area (Å²) in [4.78, 5) is 0. The molecule has 2 heteroatoms. The lowest BCUT2D eigenvalue weighted by molar-refractivity contribution is 0.368. The maximum absolute atomic E-state index is 12.9. The van der Waals surface area contributed by atoms with Crippen LogP contribution in [0.25, 0.3) is 0 Å². The van der Waals surface area contributed by atoms with E-state index in [9.17, 15) is 4.39 Å². The minimum absolute atomic E-state index is 0.439. The van der Waals surface area contributed by atoms with E-state index in [2.05, 4.69) is 6.58 Å². The van der Waals surface area contributed by atoms with Crippen molar-refractivity contribution in [3.63, 3.8) is 0 Å². The van der Waals surface area contributed by atoms with Gasteiger partial charge in [-0.1, -0.05) is 12.7 Å². The van der Waals surface area contributed by atoms with Crippen molar-refractivity contribution in [2.75, 3.05) is 5.88 Å². The van der Waals surface area contributed by atoms with Gasteiger partial charge in [-0.15, -0.1) is 11.6 Å². The molecule has 1 atom stereocenters. The summed E-state index contributed by atoms with van der Waals surface area (Å²) in [6, 6.07) is 0. The van der Waals surface area contributed by atoms with Crippen molar-refractivity contribution in [1.82, 2.24) is 0 Å². The minimum Gasteiger partial charge on any atom is -0.242 e. The fraction of sp³-hybridized carbons (Fsp3) is 0.444. The molecule has 1 radical (unpaired) electrons. The van der Waals surface area contributed by atoms with Crippen molar-refractivity contribution in [3.05, 3.63) is 30.2 Å². The normalized spacial score (nSPS) is 29.5. The highest BCUT2D eigenvalue weighted by Gasteiger charge is 2.19. The summed E-state index contributed by atoms with van der Waals surface area (Å²) >= 11 is 5.49. The molecule has 1 aliphatic rings. The van der Waals surface area contributed by atoms with Crippen LogP contribution in [-0.4, -0.2) is 12.1 Å². The monoisotopic (exact) mass is 173 g/mol. The van der Waals surface area contributed by atoms with Crippen molar-refractivity contribution >= 4 is 11.6 Å². The molecule has 11 heavy (non-hydrogen) atoms. The molecular weight excluding hydrogens is 163 g/mol. The Hall–Kier alpha value is -0.300. The molecule has 0 saturated heterocycles. The molecule has 1 fully saturated rings. The van der Waals surface area contributed by atoms with E-state index < -0.39 is 6.17 Å². The highest BCUT2D eigenvalue weighted by atomic mass is 35.5. The van der Waals surface area contributed by atoms with Gasteiger partial charge in [0.05, 0.1) is 0 Å². The molecule has 0 amide bonds. The van der Waals surface area contributed by atoms with Crippen LogP contribution < -0.4 is 0 Å². The third-order valence-corrected chi connectivity index (χ3v) is 2.01. The highest BCUT2D eigenvalue weighted by molar-refractivity contribution is 6.19. The summed E-state index contributed by atoms with van der Waals surface area (Å²) in [6.07, 6.45) is 4.17. The molecule has 0 aromatic carbocycles. The van der Waals surface area contributed by atoms with Gasteiger partial charge in [-0.3, -0.25) is 0 Å². The second-order valence-corrected chi connectivity index (χ2v) is 2.91. The van der Waals surface area contributed by atoms with Crippen molar-refractivity contribution < 1.29 is 4.39 Å². The van der Waals surface area contributed by atoms with E-state index in [4.69, 9.17) is 11.6 Å². The Labute approximate surface area is 71.7 Å². The van der Waals surface area contributed by atoms with Crippen LogP contribution >= 0.6 is 11.6 Å². The zero-order valence-corrected chi connectivity index (χ0v) is 7.07. The average molecular weight is 174 g/mol. The Bertz CT molecular complexity index is 184. The van der Waals surface area contributed by atoms with Crippen LogP contribution in [0.1, 0.15) is 12.8 Å². The van der Waals surface area contributed by atoms with Gasteiger partial charge < -0.3 is 0 Å². The minimum atomic E-state index is -0.891. The summed E-state index contributed by atoms with van der Waals surface area (Å²) in [5.74, 6) is 0.439.